The molecule has 54 heavy (non-hydrogen) atoms. The summed E-state index contributed by atoms with van der Waals surface area (Å²) in [7, 11) is 3.74. The smallest absolute Gasteiger partial charge is 0.408 e. The van der Waals surface area contributed by atoms with Crippen LogP contribution in [-0.2, 0) is 38.1 Å². The molecule has 5 rings (SSSR count). The second-order valence-corrected chi connectivity index (χ2v) is 16.9. The molecule has 3 saturated heterocycles. The molecule has 0 aliphatic carbocycles. The van der Waals surface area contributed by atoms with Crippen molar-refractivity contribution in [3.05, 3.63) is 35.3 Å². The predicted octanol–water partition coefficient (Wildman–Crippen LogP) is 5.17. The van der Waals surface area contributed by atoms with Gasteiger partial charge in [0.25, 0.3) is 0 Å². The molecule has 2 N–H and O–H groups in total. The average Bonchev–Trinajstić information content (AvgIpc) is 3.73. The van der Waals surface area contributed by atoms with Crippen LogP contribution in [0.2, 0.25) is 0 Å². The molecule has 0 aromatic carbocycles. The number of ketones is 2. The zero-order chi connectivity index (χ0) is 39.7. The van der Waals surface area contributed by atoms with E-state index in [1.165, 1.54) is 6.92 Å². The lowest BCUT2D eigenvalue weighted by Gasteiger charge is -2.47. The molecule has 13 atom stereocenters. The van der Waals surface area contributed by atoms with Crippen LogP contribution < -0.4 is 5.32 Å². The van der Waals surface area contributed by atoms with Crippen molar-refractivity contribution in [1.29, 1.82) is 0 Å². The quantitative estimate of drug-likeness (QED) is 0.268. The summed E-state index contributed by atoms with van der Waals surface area (Å²) in [6.07, 6.45) is 1.17. The van der Waals surface area contributed by atoms with Gasteiger partial charge in [-0.05, 0) is 84.1 Å². The molecule has 2 aromatic rings. The number of cyclic esters (lactones) is 1. The minimum atomic E-state index is -1.37. The third-order valence-corrected chi connectivity index (χ3v) is 12.4. The molecule has 3 aliphatic rings. The molecule has 0 saturated carbocycles. The van der Waals surface area contributed by atoms with Gasteiger partial charge < -0.3 is 39.0 Å². The van der Waals surface area contributed by atoms with Crippen LogP contribution in [-0.4, -0.2) is 113 Å². The van der Waals surface area contributed by atoms with Gasteiger partial charge in [-0.15, -0.1) is 11.3 Å². The van der Waals surface area contributed by atoms with Crippen LogP contribution in [0.5, 0.6) is 0 Å². The number of amides is 1. The summed E-state index contributed by atoms with van der Waals surface area (Å²) in [5.74, 6) is -5.09. The minimum Gasteiger partial charge on any atom is -0.458 e. The number of pyridine rings is 1. The molecule has 1 unspecified atom stereocenters. The number of ether oxygens (including phenoxy) is 5. The first-order chi connectivity index (χ1) is 25.4. The molecule has 0 spiro atoms. The van der Waals surface area contributed by atoms with E-state index in [4.69, 9.17) is 23.7 Å². The SMILES string of the molecule is CCC1OC(=O)[C@H](C)C(=O)[C@H](C)[C@@H](O[C@@H]2O[C@H](C)C[C@H](N(C)C)[C@H]2O)[C@](C)(OC/C=C/c2cnc3sccc3c2)C[C@@H](C)C(=O)[C@H](C)[C@H]2NC(=O)O[C@]12C. The van der Waals surface area contributed by atoms with Crippen LogP contribution in [0, 0.1) is 23.7 Å². The number of carbonyl (C=O) groups excluding carboxylic acids is 4. The van der Waals surface area contributed by atoms with Gasteiger partial charge in [-0.2, -0.15) is 0 Å². The number of carbonyl (C=O) groups is 4. The van der Waals surface area contributed by atoms with E-state index in [0.29, 0.717) is 6.42 Å². The van der Waals surface area contributed by atoms with Crippen LogP contribution in [0.3, 0.4) is 0 Å². The summed E-state index contributed by atoms with van der Waals surface area (Å²) < 4.78 is 31.3. The summed E-state index contributed by atoms with van der Waals surface area (Å²) in [5, 5.41) is 17.4. The first-order valence-corrected chi connectivity index (χ1v) is 19.8. The van der Waals surface area contributed by atoms with Crippen LogP contribution in [0.15, 0.2) is 29.8 Å². The summed E-state index contributed by atoms with van der Waals surface area (Å²) in [6, 6.07) is 2.91. The number of nitrogens with zero attached hydrogens (tertiary/aromatic N) is 2. The number of thiophene rings is 1. The van der Waals surface area contributed by atoms with Gasteiger partial charge in [0.05, 0.1) is 30.5 Å². The lowest BCUT2D eigenvalue weighted by Crippen LogP contribution is -2.60. The highest BCUT2D eigenvalue weighted by molar-refractivity contribution is 7.16. The standard InChI is InChI=1S/C40H57N3O10S/c1-11-29-40(8)33(42-38(48)53-40)23(4)30(44)21(2)19-39(7,49-15-12-13-26-18-27-14-16-54-35(27)41-20-26)34(24(5)31(45)25(6)36(47)51-29)52-37-32(46)28(43(9)10)17-22(3)50-37/h12-14,16,18,20-25,28-29,32-34,37,46H,11,15,17,19H2,1-10H3,(H,42,48)/b13-12+/t21-,22-,23+,24+,25-,28+,29?,32-,33-,34-,37+,39-,40-/m1/s1. The van der Waals surface area contributed by atoms with Crippen molar-refractivity contribution in [2.45, 2.75) is 129 Å². The zero-order valence-corrected chi connectivity index (χ0v) is 33.9. The third-order valence-electron chi connectivity index (χ3n) is 11.6. The molecular formula is C40H57N3O10S. The molecular weight excluding hydrogens is 715 g/mol. The van der Waals surface area contributed by atoms with Crippen LogP contribution in [0.1, 0.15) is 80.2 Å². The summed E-state index contributed by atoms with van der Waals surface area (Å²) >= 11 is 1.56. The summed E-state index contributed by atoms with van der Waals surface area (Å²) in [4.78, 5) is 62.7. The lowest BCUT2D eigenvalue weighted by atomic mass is 9.73. The van der Waals surface area contributed by atoms with Gasteiger partial charge in [-0.25, -0.2) is 9.78 Å². The van der Waals surface area contributed by atoms with Gasteiger partial charge in [0.2, 0.25) is 0 Å². The number of alkyl carbamates (subject to hydrolysis) is 1. The number of hydrogen-bond acceptors (Lipinski definition) is 13. The van der Waals surface area contributed by atoms with E-state index in [2.05, 4.69) is 10.3 Å². The Hall–Kier alpha value is -3.27. The minimum absolute atomic E-state index is 0.0700. The maximum absolute atomic E-state index is 14.4. The molecule has 14 heteroatoms. The first kappa shape index (κ1) is 41.9. The van der Waals surface area contributed by atoms with E-state index in [1.807, 2.05) is 55.6 Å². The number of Topliss-reactive ketones (excluding diaryl/α,β-unsaturated/α-hetero) is 2. The van der Waals surface area contributed by atoms with E-state index >= 15 is 0 Å². The number of likely N-dealkylation sites (N-methyl/N-ethyl adjacent to an activating group) is 1. The van der Waals surface area contributed by atoms with E-state index < -0.39 is 83.4 Å². The zero-order valence-electron chi connectivity index (χ0n) is 33.1. The molecule has 0 bridgehead atoms. The Labute approximate surface area is 322 Å². The third kappa shape index (κ3) is 8.58. The fourth-order valence-electron chi connectivity index (χ4n) is 8.52. The molecule has 298 valence electrons. The normalized spacial score (nSPS) is 38.6. The van der Waals surface area contributed by atoms with E-state index in [9.17, 15) is 24.3 Å². The van der Waals surface area contributed by atoms with E-state index in [0.717, 1.165) is 15.8 Å². The van der Waals surface area contributed by atoms with Gasteiger partial charge in [0.15, 0.2) is 17.7 Å². The van der Waals surface area contributed by atoms with Gasteiger partial charge in [0, 0.05) is 35.4 Å². The Morgan fingerprint density at radius 1 is 1.09 bits per heavy atom. The number of aliphatic hydroxyl groups is 1. The molecule has 2 aromatic heterocycles. The van der Waals surface area contributed by atoms with Crippen molar-refractivity contribution in [3.63, 3.8) is 0 Å². The van der Waals surface area contributed by atoms with Crippen molar-refractivity contribution in [3.8, 4) is 0 Å². The van der Waals surface area contributed by atoms with Crippen molar-refractivity contribution in [2.24, 2.45) is 23.7 Å². The number of aliphatic hydroxyl groups excluding tert-OH is 1. The second kappa shape index (κ2) is 16.8. The second-order valence-electron chi connectivity index (χ2n) is 16.0. The predicted molar refractivity (Wildman–Crippen MR) is 204 cm³/mol. The fraction of sp³-hybridized carbons (Fsp3) is 0.675. The van der Waals surface area contributed by atoms with Crippen LogP contribution in [0.25, 0.3) is 16.3 Å². The van der Waals surface area contributed by atoms with Crippen molar-refractivity contribution < 1.29 is 48.0 Å². The number of aromatic nitrogens is 1. The Balaban J connectivity index is 1.56. The number of hydrogen-bond donors (Lipinski definition) is 2. The number of rotatable bonds is 8. The molecule has 5 heterocycles. The largest absolute Gasteiger partial charge is 0.458 e. The summed E-state index contributed by atoms with van der Waals surface area (Å²) in [5.41, 5.74) is -1.85. The number of esters is 1. The lowest BCUT2D eigenvalue weighted by molar-refractivity contribution is -0.296. The van der Waals surface area contributed by atoms with Gasteiger partial charge >= 0.3 is 12.1 Å². The monoisotopic (exact) mass is 771 g/mol. The molecule has 3 fully saturated rings. The molecule has 1 amide bonds. The highest BCUT2D eigenvalue weighted by Gasteiger charge is 2.57. The van der Waals surface area contributed by atoms with Crippen molar-refractivity contribution >= 4 is 51.3 Å². The van der Waals surface area contributed by atoms with Crippen molar-refractivity contribution in [1.82, 2.24) is 15.2 Å². The Kier molecular flexibility index (Phi) is 13.1. The Morgan fingerprint density at radius 3 is 2.50 bits per heavy atom. The Morgan fingerprint density at radius 2 is 1.81 bits per heavy atom. The number of fused-ring (bicyclic) bond motifs is 2. The molecule has 0 radical (unpaired) electrons. The highest BCUT2D eigenvalue weighted by atomic mass is 32.1. The van der Waals surface area contributed by atoms with Crippen molar-refractivity contribution in [2.75, 3.05) is 20.7 Å². The first-order valence-electron chi connectivity index (χ1n) is 19.0. The van der Waals surface area contributed by atoms with E-state index in [-0.39, 0.29) is 37.4 Å². The van der Waals surface area contributed by atoms with Gasteiger partial charge in [0.1, 0.15) is 28.7 Å². The van der Waals surface area contributed by atoms with Gasteiger partial charge in [-0.3, -0.25) is 14.4 Å². The van der Waals surface area contributed by atoms with E-state index in [1.54, 1.807) is 59.1 Å². The average molecular weight is 772 g/mol. The van der Waals surface area contributed by atoms with Crippen LogP contribution in [0.4, 0.5) is 4.79 Å². The molecule has 3 aliphatic heterocycles. The maximum atomic E-state index is 14.4. The summed E-state index contributed by atoms with van der Waals surface area (Å²) in [6.45, 7) is 13.9. The fourth-order valence-corrected chi connectivity index (χ4v) is 9.24. The molecule has 13 nitrogen and oxygen atoms in total. The highest BCUT2D eigenvalue weighted by Crippen LogP contribution is 2.40. The maximum Gasteiger partial charge on any atom is 0.408 e. The Bertz CT molecular complexity index is 1720. The number of nitrogens with one attached hydrogen (secondary N) is 1. The van der Waals surface area contributed by atoms with Gasteiger partial charge in [-0.1, -0.05) is 39.8 Å². The topological polar surface area (TPSA) is 163 Å². The van der Waals surface area contributed by atoms with Crippen LogP contribution >= 0.6 is 11.3 Å².